The maximum atomic E-state index is 11.9. The third-order valence-electron chi connectivity index (χ3n) is 3.81. The molecule has 1 aliphatic rings. The predicted octanol–water partition coefficient (Wildman–Crippen LogP) is 0.602. The van der Waals surface area contributed by atoms with Crippen LogP contribution in [-0.2, 0) is 11.3 Å². The summed E-state index contributed by atoms with van der Waals surface area (Å²) in [6, 6.07) is 10.8. The van der Waals surface area contributed by atoms with Gasteiger partial charge in [-0.1, -0.05) is 30.3 Å². The summed E-state index contributed by atoms with van der Waals surface area (Å²) in [6.45, 7) is 0.743. The molecule has 1 N–H and O–H groups in total. The van der Waals surface area contributed by atoms with Gasteiger partial charge in [0.1, 0.15) is 18.2 Å². The first-order valence-corrected chi connectivity index (χ1v) is 7.29. The second-order valence-electron chi connectivity index (χ2n) is 5.42. The van der Waals surface area contributed by atoms with Crippen LogP contribution in [0.2, 0.25) is 0 Å². The Morgan fingerprint density at radius 3 is 2.67 bits per heavy atom. The van der Waals surface area contributed by atoms with E-state index in [1.807, 2.05) is 30.3 Å². The van der Waals surface area contributed by atoms with Crippen LogP contribution in [0.1, 0.15) is 17.2 Å². The van der Waals surface area contributed by atoms with Gasteiger partial charge in [0.25, 0.3) is 5.56 Å². The minimum absolute atomic E-state index is 0.139. The number of amides is 1. The van der Waals surface area contributed by atoms with Crippen molar-refractivity contribution in [3.8, 4) is 6.07 Å². The standard InChI is InChI=1S/C16H14N4O4/c17-6-12-7-20(15(22)18-14(12)21)13-8-19(9-13)16(23)24-10-11-4-2-1-3-5-11/h1-5,7,13H,8-10H2,(H,18,21,22). The monoisotopic (exact) mass is 326 g/mol. The number of ether oxygens (including phenoxy) is 1. The van der Waals surface area contributed by atoms with E-state index in [-0.39, 0.29) is 31.3 Å². The summed E-state index contributed by atoms with van der Waals surface area (Å²) in [5, 5.41) is 8.85. The van der Waals surface area contributed by atoms with Gasteiger partial charge >= 0.3 is 11.8 Å². The summed E-state index contributed by atoms with van der Waals surface area (Å²) in [5.74, 6) is 0. The lowest BCUT2D eigenvalue weighted by Gasteiger charge is -2.38. The molecule has 122 valence electrons. The van der Waals surface area contributed by atoms with E-state index in [1.165, 1.54) is 15.7 Å². The maximum Gasteiger partial charge on any atom is 0.410 e. The van der Waals surface area contributed by atoms with Crippen molar-refractivity contribution in [1.82, 2.24) is 14.5 Å². The van der Waals surface area contributed by atoms with Gasteiger partial charge in [-0.25, -0.2) is 9.59 Å². The number of nitrogens with zero attached hydrogens (tertiary/aromatic N) is 3. The van der Waals surface area contributed by atoms with Crippen LogP contribution in [0.25, 0.3) is 0 Å². The molecule has 24 heavy (non-hydrogen) atoms. The average Bonchev–Trinajstić information content (AvgIpc) is 2.54. The summed E-state index contributed by atoms with van der Waals surface area (Å²) >= 11 is 0. The zero-order valence-corrected chi connectivity index (χ0v) is 12.6. The molecule has 1 saturated heterocycles. The van der Waals surface area contributed by atoms with Crippen LogP contribution in [0.3, 0.4) is 0 Å². The molecule has 0 unspecified atom stereocenters. The number of hydrogen-bond acceptors (Lipinski definition) is 5. The summed E-state index contributed by atoms with van der Waals surface area (Å²) in [7, 11) is 0. The second kappa shape index (κ2) is 6.42. The van der Waals surface area contributed by atoms with Crippen LogP contribution in [0.15, 0.2) is 46.1 Å². The molecule has 2 heterocycles. The Kier molecular flexibility index (Phi) is 4.16. The molecule has 0 spiro atoms. The van der Waals surface area contributed by atoms with Gasteiger partial charge in [0.05, 0.1) is 6.04 Å². The Morgan fingerprint density at radius 1 is 1.29 bits per heavy atom. The van der Waals surface area contributed by atoms with Crippen LogP contribution in [0.5, 0.6) is 0 Å². The van der Waals surface area contributed by atoms with Gasteiger partial charge in [-0.15, -0.1) is 0 Å². The molecule has 0 aliphatic carbocycles. The average molecular weight is 326 g/mol. The number of likely N-dealkylation sites (tertiary alicyclic amines) is 1. The molecule has 3 rings (SSSR count). The Morgan fingerprint density at radius 2 is 2.00 bits per heavy atom. The smallest absolute Gasteiger partial charge is 0.410 e. The van der Waals surface area contributed by atoms with Gasteiger partial charge in [-0.2, -0.15) is 5.26 Å². The molecule has 1 aromatic carbocycles. The van der Waals surface area contributed by atoms with Crippen molar-refractivity contribution in [3.05, 3.63) is 68.5 Å². The first kappa shape index (κ1) is 15.6. The van der Waals surface area contributed by atoms with Crippen molar-refractivity contribution >= 4 is 6.09 Å². The topological polar surface area (TPSA) is 108 Å². The molecule has 0 saturated carbocycles. The van der Waals surface area contributed by atoms with Crippen molar-refractivity contribution in [2.75, 3.05) is 13.1 Å². The number of nitrogens with one attached hydrogen (secondary N) is 1. The summed E-state index contributed by atoms with van der Waals surface area (Å²) < 4.78 is 6.46. The van der Waals surface area contributed by atoms with E-state index >= 15 is 0 Å². The lowest BCUT2D eigenvalue weighted by atomic mass is 10.1. The largest absolute Gasteiger partial charge is 0.445 e. The van der Waals surface area contributed by atoms with Crippen molar-refractivity contribution in [2.45, 2.75) is 12.6 Å². The van der Waals surface area contributed by atoms with E-state index in [0.29, 0.717) is 0 Å². The molecule has 1 amide bonds. The van der Waals surface area contributed by atoms with Crippen LogP contribution in [0.4, 0.5) is 4.79 Å². The zero-order valence-electron chi connectivity index (χ0n) is 12.6. The SMILES string of the molecule is N#Cc1cn(C2CN(C(=O)OCc3ccccc3)C2)c(=O)[nH]c1=O. The third kappa shape index (κ3) is 3.05. The van der Waals surface area contributed by atoms with E-state index in [0.717, 1.165) is 5.56 Å². The number of nitriles is 1. The van der Waals surface area contributed by atoms with E-state index < -0.39 is 17.3 Å². The number of aromatic nitrogens is 2. The fourth-order valence-corrected chi connectivity index (χ4v) is 2.43. The van der Waals surface area contributed by atoms with Gasteiger partial charge < -0.3 is 9.64 Å². The lowest BCUT2D eigenvalue weighted by molar-refractivity contribution is 0.0514. The predicted molar refractivity (Wildman–Crippen MR) is 83.3 cm³/mol. The molecule has 8 nitrogen and oxygen atoms in total. The minimum Gasteiger partial charge on any atom is -0.445 e. The number of rotatable bonds is 3. The number of H-pyrrole nitrogens is 1. The molecular weight excluding hydrogens is 312 g/mol. The molecule has 8 heteroatoms. The zero-order chi connectivity index (χ0) is 17.1. The highest BCUT2D eigenvalue weighted by atomic mass is 16.6. The van der Waals surface area contributed by atoms with Crippen LogP contribution >= 0.6 is 0 Å². The molecular formula is C16H14N4O4. The van der Waals surface area contributed by atoms with Gasteiger partial charge in [-0.05, 0) is 5.56 Å². The first-order valence-electron chi connectivity index (χ1n) is 7.29. The van der Waals surface area contributed by atoms with Gasteiger partial charge in [-0.3, -0.25) is 14.3 Å². The fraction of sp³-hybridized carbons (Fsp3) is 0.250. The summed E-state index contributed by atoms with van der Waals surface area (Å²) in [5.41, 5.74) is -0.559. The molecule has 2 aromatic rings. The lowest BCUT2D eigenvalue weighted by Crippen LogP contribution is -2.53. The Hall–Kier alpha value is -3.34. The van der Waals surface area contributed by atoms with E-state index in [1.54, 1.807) is 6.07 Å². The highest BCUT2D eigenvalue weighted by molar-refractivity contribution is 5.68. The van der Waals surface area contributed by atoms with E-state index in [2.05, 4.69) is 4.98 Å². The Balaban J connectivity index is 1.59. The molecule has 1 fully saturated rings. The van der Waals surface area contributed by atoms with Crippen LogP contribution < -0.4 is 11.2 Å². The van der Waals surface area contributed by atoms with Gasteiger partial charge in [0.2, 0.25) is 0 Å². The number of benzene rings is 1. The number of carbonyl (C=O) groups excluding carboxylic acids is 1. The fourth-order valence-electron chi connectivity index (χ4n) is 2.43. The minimum atomic E-state index is -0.711. The van der Waals surface area contributed by atoms with Crippen LogP contribution in [-0.4, -0.2) is 33.6 Å². The first-order chi connectivity index (χ1) is 11.6. The Labute approximate surface area is 136 Å². The highest BCUT2D eigenvalue weighted by Crippen LogP contribution is 2.20. The number of carbonyl (C=O) groups is 1. The molecule has 0 bridgehead atoms. The van der Waals surface area contributed by atoms with E-state index in [9.17, 15) is 14.4 Å². The van der Waals surface area contributed by atoms with E-state index in [4.69, 9.17) is 10.00 Å². The van der Waals surface area contributed by atoms with Crippen molar-refractivity contribution < 1.29 is 9.53 Å². The van der Waals surface area contributed by atoms with Crippen molar-refractivity contribution in [3.63, 3.8) is 0 Å². The quantitative estimate of drug-likeness (QED) is 0.888. The number of aromatic amines is 1. The van der Waals surface area contributed by atoms with Gasteiger partial charge in [0.15, 0.2) is 0 Å². The highest BCUT2D eigenvalue weighted by Gasteiger charge is 2.33. The molecule has 1 aliphatic heterocycles. The normalized spacial score (nSPS) is 13.9. The third-order valence-corrected chi connectivity index (χ3v) is 3.81. The molecule has 0 radical (unpaired) electrons. The van der Waals surface area contributed by atoms with Crippen LogP contribution in [0, 0.1) is 11.3 Å². The van der Waals surface area contributed by atoms with Crippen molar-refractivity contribution in [2.24, 2.45) is 0 Å². The summed E-state index contributed by atoms with van der Waals surface area (Å²) in [6.07, 6.45) is 0.756. The summed E-state index contributed by atoms with van der Waals surface area (Å²) in [4.78, 5) is 38.7. The maximum absolute atomic E-state index is 11.9. The number of hydrogen-bond donors (Lipinski definition) is 1. The second-order valence-corrected chi connectivity index (χ2v) is 5.42. The van der Waals surface area contributed by atoms with Gasteiger partial charge in [0, 0.05) is 19.3 Å². The van der Waals surface area contributed by atoms with Crippen molar-refractivity contribution in [1.29, 1.82) is 5.26 Å². The Bertz CT molecular complexity index is 904. The molecule has 0 atom stereocenters. The molecule has 1 aromatic heterocycles.